The van der Waals surface area contributed by atoms with Crippen molar-refractivity contribution in [2.24, 2.45) is 5.41 Å². The number of hydrogen-bond acceptors (Lipinski definition) is 3. The number of carbonyl (C=O) groups excluding carboxylic acids is 1. The normalized spacial score (nSPS) is 34.1. The smallest absolute Gasteiger partial charge is 0.230 e. The SMILES string of the molecule is O=C1N([C@H]2CC[C@H](O)CC2)CCC12CCCN(c1cc[c]cc1)C2. The van der Waals surface area contributed by atoms with Gasteiger partial charge in [0, 0.05) is 31.4 Å². The zero-order chi connectivity index (χ0) is 16.6. The fraction of sp³-hybridized carbons (Fsp3) is 0.650. The molecule has 1 amide bonds. The van der Waals surface area contributed by atoms with Gasteiger partial charge in [-0.25, -0.2) is 0 Å². The second kappa shape index (κ2) is 6.40. The molecule has 1 N–H and O–H groups in total. The highest BCUT2D eigenvalue weighted by molar-refractivity contribution is 5.86. The summed E-state index contributed by atoms with van der Waals surface area (Å²) in [6.07, 6.45) is 6.53. The fourth-order valence-electron chi connectivity index (χ4n) is 4.89. The van der Waals surface area contributed by atoms with Crippen LogP contribution in [0.25, 0.3) is 0 Å². The topological polar surface area (TPSA) is 43.8 Å². The van der Waals surface area contributed by atoms with Crippen LogP contribution in [0.1, 0.15) is 44.9 Å². The van der Waals surface area contributed by atoms with Gasteiger partial charge in [-0.15, -0.1) is 0 Å². The molecule has 3 fully saturated rings. The maximum absolute atomic E-state index is 13.3. The maximum Gasteiger partial charge on any atom is 0.230 e. The van der Waals surface area contributed by atoms with Gasteiger partial charge in [0.05, 0.1) is 11.5 Å². The van der Waals surface area contributed by atoms with Crippen LogP contribution in [-0.4, -0.2) is 47.7 Å². The lowest BCUT2D eigenvalue weighted by atomic mass is 9.78. The summed E-state index contributed by atoms with van der Waals surface area (Å²) < 4.78 is 0. The molecule has 1 aromatic rings. The van der Waals surface area contributed by atoms with Gasteiger partial charge in [0.15, 0.2) is 0 Å². The summed E-state index contributed by atoms with van der Waals surface area (Å²) in [5, 5.41) is 9.73. The van der Waals surface area contributed by atoms with Gasteiger partial charge in [-0.2, -0.15) is 0 Å². The van der Waals surface area contributed by atoms with Gasteiger partial charge in [-0.3, -0.25) is 4.79 Å². The lowest BCUT2D eigenvalue weighted by Crippen LogP contribution is -2.50. The highest BCUT2D eigenvalue weighted by atomic mass is 16.3. The summed E-state index contributed by atoms with van der Waals surface area (Å²) in [7, 11) is 0. The number of carbonyl (C=O) groups is 1. The molecule has 24 heavy (non-hydrogen) atoms. The van der Waals surface area contributed by atoms with Crippen molar-refractivity contribution in [2.45, 2.75) is 57.1 Å². The zero-order valence-electron chi connectivity index (χ0n) is 14.3. The van der Waals surface area contributed by atoms with Crippen molar-refractivity contribution in [1.29, 1.82) is 0 Å². The summed E-state index contributed by atoms with van der Waals surface area (Å²) in [6.45, 7) is 2.78. The van der Waals surface area contributed by atoms with E-state index >= 15 is 0 Å². The van der Waals surface area contributed by atoms with Crippen LogP contribution in [0.4, 0.5) is 5.69 Å². The van der Waals surface area contributed by atoms with Crippen LogP contribution in [-0.2, 0) is 4.79 Å². The van der Waals surface area contributed by atoms with Crippen molar-refractivity contribution in [3.8, 4) is 0 Å². The minimum Gasteiger partial charge on any atom is -0.393 e. The summed E-state index contributed by atoms with van der Waals surface area (Å²) in [5.41, 5.74) is 1.02. The molecular formula is C20H27N2O2. The number of hydrogen-bond donors (Lipinski definition) is 1. The third-order valence-corrected chi connectivity index (χ3v) is 6.30. The Kier molecular flexibility index (Phi) is 4.25. The molecule has 3 aliphatic rings. The number of amides is 1. The van der Waals surface area contributed by atoms with E-state index in [4.69, 9.17) is 0 Å². The van der Waals surface area contributed by atoms with E-state index in [0.717, 1.165) is 64.6 Å². The van der Waals surface area contributed by atoms with E-state index < -0.39 is 0 Å². The summed E-state index contributed by atoms with van der Waals surface area (Å²) in [6, 6.07) is 11.5. The van der Waals surface area contributed by atoms with Crippen LogP contribution in [0.3, 0.4) is 0 Å². The van der Waals surface area contributed by atoms with Crippen molar-refractivity contribution in [3.05, 3.63) is 30.3 Å². The predicted octanol–water partition coefficient (Wildman–Crippen LogP) is 2.61. The van der Waals surface area contributed by atoms with Gasteiger partial charge in [0.1, 0.15) is 0 Å². The number of aliphatic hydroxyl groups is 1. The van der Waals surface area contributed by atoms with E-state index in [0.29, 0.717) is 11.9 Å². The van der Waals surface area contributed by atoms with Gasteiger partial charge in [-0.05, 0) is 63.1 Å². The number of likely N-dealkylation sites (tertiary alicyclic amines) is 1. The number of piperidine rings is 1. The quantitative estimate of drug-likeness (QED) is 0.908. The van der Waals surface area contributed by atoms with Gasteiger partial charge < -0.3 is 14.9 Å². The largest absolute Gasteiger partial charge is 0.393 e. The molecule has 1 radical (unpaired) electrons. The Labute approximate surface area is 144 Å². The van der Waals surface area contributed by atoms with Crippen molar-refractivity contribution in [2.75, 3.05) is 24.5 Å². The van der Waals surface area contributed by atoms with E-state index in [1.165, 1.54) is 5.69 Å². The minimum atomic E-state index is -0.187. The third-order valence-electron chi connectivity index (χ3n) is 6.30. The first-order valence-corrected chi connectivity index (χ1v) is 9.38. The van der Waals surface area contributed by atoms with Gasteiger partial charge in [0.25, 0.3) is 0 Å². The van der Waals surface area contributed by atoms with Crippen LogP contribution < -0.4 is 4.90 Å². The van der Waals surface area contributed by atoms with Crippen molar-refractivity contribution < 1.29 is 9.90 Å². The van der Waals surface area contributed by atoms with Gasteiger partial charge >= 0.3 is 0 Å². The standard InChI is InChI=1S/C20H27N2O2/c23-18-9-7-17(8-10-18)22-14-12-20(19(22)24)11-4-13-21(15-20)16-5-2-1-3-6-16/h2-3,5-6,17-18,23H,4,7-15H2/t17-,18-,20?. The van der Waals surface area contributed by atoms with Crippen molar-refractivity contribution >= 4 is 11.6 Å². The number of anilines is 1. The molecule has 0 bridgehead atoms. The summed E-state index contributed by atoms with van der Waals surface area (Å²) in [4.78, 5) is 17.8. The Hall–Kier alpha value is -1.55. The number of rotatable bonds is 2. The molecule has 2 aliphatic heterocycles. The monoisotopic (exact) mass is 327 g/mol. The predicted molar refractivity (Wildman–Crippen MR) is 93.8 cm³/mol. The van der Waals surface area contributed by atoms with Crippen LogP contribution in [0, 0.1) is 11.5 Å². The lowest BCUT2D eigenvalue weighted by molar-refractivity contribution is -0.139. The molecule has 0 aromatic heterocycles. The van der Waals surface area contributed by atoms with Crippen LogP contribution in [0.15, 0.2) is 24.3 Å². The van der Waals surface area contributed by atoms with Gasteiger partial charge in [0.2, 0.25) is 5.91 Å². The number of nitrogens with zero attached hydrogens (tertiary/aromatic N) is 2. The van der Waals surface area contributed by atoms with E-state index in [1.54, 1.807) is 0 Å². The Morgan fingerprint density at radius 2 is 1.83 bits per heavy atom. The van der Waals surface area contributed by atoms with Crippen molar-refractivity contribution in [1.82, 2.24) is 4.90 Å². The molecule has 1 saturated carbocycles. The first-order valence-electron chi connectivity index (χ1n) is 9.38. The van der Waals surface area contributed by atoms with E-state index in [-0.39, 0.29) is 11.5 Å². The highest BCUT2D eigenvalue weighted by Gasteiger charge is 2.50. The van der Waals surface area contributed by atoms with Crippen LogP contribution in [0.2, 0.25) is 0 Å². The number of benzene rings is 1. The molecule has 4 rings (SSSR count). The summed E-state index contributed by atoms with van der Waals surface area (Å²) in [5.74, 6) is 0.371. The average molecular weight is 327 g/mol. The molecule has 4 nitrogen and oxygen atoms in total. The van der Waals surface area contributed by atoms with E-state index in [1.807, 2.05) is 12.1 Å². The average Bonchev–Trinajstić information content (AvgIpc) is 2.93. The van der Waals surface area contributed by atoms with Crippen LogP contribution >= 0.6 is 0 Å². The highest BCUT2D eigenvalue weighted by Crippen LogP contribution is 2.43. The maximum atomic E-state index is 13.3. The van der Waals surface area contributed by atoms with Crippen LogP contribution in [0.5, 0.6) is 0 Å². The lowest BCUT2D eigenvalue weighted by Gasteiger charge is -2.41. The fourth-order valence-corrected chi connectivity index (χ4v) is 4.89. The van der Waals surface area contributed by atoms with E-state index in [2.05, 4.69) is 28.0 Å². The molecule has 129 valence electrons. The Balaban J connectivity index is 1.48. The molecular weight excluding hydrogens is 300 g/mol. The van der Waals surface area contributed by atoms with Gasteiger partial charge in [-0.1, -0.05) is 12.1 Å². The second-order valence-electron chi connectivity index (χ2n) is 7.77. The zero-order valence-corrected chi connectivity index (χ0v) is 14.3. The molecule has 4 heteroatoms. The molecule has 1 aromatic carbocycles. The molecule has 1 aliphatic carbocycles. The second-order valence-corrected chi connectivity index (χ2v) is 7.77. The molecule has 1 unspecified atom stereocenters. The Bertz CT molecular complexity index is 583. The number of aliphatic hydroxyl groups excluding tert-OH is 1. The third kappa shape index (κ3) is 2.81. The Morgan fingerprint density at radius 1 is 1.08 bits per heavy atom. The molecule has 1 atom stereocenters. The summed E-state index contributed by atoms with van der Waals surface area (Å²) >= 11 is 0. The first-order chi connectivity index (χ1) is 11.7. The molecule has 2 saturated heterocycles. The Morgan fingerprint density at radius 3 is 2.58 bits per heavy atom. The molecule has 1 spiro atoms. The minimum absolute atomic E-state index is 0.159. The first kappa shape index (κ1) is 15.9. The van der Waals surface area contributed by atoms with E-state index in [9.17, 15) is 9.90 Å². The molecule has 2 heterocycles. The van der Waals surface area contributed by atoms with Crippen molar-refractivity contribution in [3.63, 3.8) is 0 Å².